The third kappa shape index (κ3) is 1.41. The fraction of sp³-hybridized carbons (Fsp3) is 0.444. The Kier molecular flexibility index (Phi) is 1.87. The number of aryl methyl sites for hydroxylation is 1. The average Bonchev–Trinajstić information content (AvgIpc) is 2.83. The van der Waals surface area contributed by atoms with Crippen molar-refractivity contribution in [1.29, 1.82) is 0 Å². The van der Waals surface area contributed by atoms with Gasteiger partial charge in [-0.25, -0.2) is 14.8 Å². The quantitative estimate of drug-likeness (QED) is 0.729. The second kappa shape index (κ2) is 2.94. The lowest BCUT2D eigenvalue weighted by Gasteiger charge is -2.05. The summed E-state index contributed by atoms with van der Waals surface area (Å²) < 4.78 is 0. The maximum atomic E-state index is 10.8. The molecular weight excluding hydrogens is 182 g/mol. The molecule has 5 nitrogen and oxygen atoms in total. The molecule has 0 atom stereocenters. The van der Waals surface area contributed by atoms with Crippen LogP contribution in [0, 0.1) is 6.92 Å². The van der Waals surface area contributed by atoms with Crippen LogP contribution in [0.3, 0.4) is 0 Å². The zero-order valence-corrected chi connectivity index (χ0v) is 7.82. The van der Waals surface area contributed by atoms with E-state index in [0.29, 0.717) is 17.4 Å². The molecule has 1 aromatic rings. The summed E-state index contributed by atoms with van der Waals surface area (Å²) in [5, 5.41) is 8.83. The minimum Gasteiger partial charge on any atom is -0.477 e. The number of aromatic carboxylic acids is 1. The molecule has 0 aliphatic heterocycles. The van der Waals surface area contributed by atoms with Crippen LogP contribution in [0.1, 0.15) is 40.6 Å². The van der Waals surface area contributed by atoms with Crippen LogP contribution in [0.2, 0.25) is 0 Å². The van der Waals surface area contributed by atoms with E-state index in [0.717, 1.165) is 12.8 Å². The van der Waals surface area contributed by atoms with E-state index in [2.05, 4.69) is 9.97 Å². The molecule has 0 radical (unpaired) electrons. The number of hydrogen-bond donors (Lipinski definition) is 2. The first kappa shape index (κ1) is 8.93. The van der Waals surface area contributed by atoms with Gasteiger partial charge in [-0.05, 0) is 19.8 Å². The van der Waals surface area contributed by atoms with Gasteiger partial charge in [0.2, 0.25) is 0 Å². The summed E-state index contributed by atoms with van der Waals surface area (Å²) in [4.78, 5) is 18.9. The lowest BCUT2D eigenvalue weighted by atomic mass is 10.2. The van der Waals surface area contributed by atoms with Crippen LogP contribution in [0.15, 0.2) is 0 Å². The van der Waals surface area contributed by atoms with Crippen molar-refractivity contribution >= 4 is 11.8 Å². The molecule has 0 spiro atoms. The van der Waals surface area contributed by atoms with Crippen LogP contribution >= 0.6 is 0 Å². The third-order valence-corrected chi connectivity index (χ3v) is 2.29. The largest absolute Gasteiger partial charge is 0.477 e. The zero-order chi connectivity index (χ0) is 10.3. The van der Waals surface area contributed by atoms with Gasteiger partial charge in [0.05, 0.1) is 5.69 Å². The molecule has 14 heavy (non-hydrogen) atoms. The molecule has 1 aromatic heterocycles. The van der Waals surface area contributed by atoms with Gasteiger partial charge in [-0.2, -0.15) is 0 Å². The molecular formula is C9H11N3O2. The van der Waals surface area contributed by atoms with Gasteiger partial charge < -0.3 is 10.8 Å². The van der Waals surface area contributed by atoms with E-state index in [9.17, 15) is 4.79 Å². The van der Waals surface area contributed by atoms with Gasteiger partial charge in [0.1, 0.15) is 17.2 Å². The Labute approximate surface area is 81.0 Å². The van der Waals surface area contributed by atoms with Crippen molar-refractivity contribution < 1.29 is 9.90 Å². The summed E-state index contributed by atoms with van der Waals surface area (Å²) in [5.41, 5.74) is 6.03. The second-order valence-electron chi connectivity index (χ2n) is 3.51. The molecule has 0 aromatic carbocycles. The van der Waals surface area contributed by atoms with Crippen molar-refractivity contribution in [2.24, 2.45) is 0 Å². The van der Waals surface area contributed by atoms with Crippen LogP contribution in [0.5, 0.6) is 0 Å². The smallest absolute Gasteiger partial charge is 0.341 e. The van der Waals surface area contributed by atoms with Crippen molar-refractivity contribution in [2.45, 2.75) is 25.7 Å². The molecule has 74 valence electrons. The van der Waals surface area contributed by atoms with E-state index in [-0.39, 0.29) is 11.4 Å². The first-order chi connectivity index (χ1) is 6.59. The Morgan fingerprint density at radius 3 is 2.57 bits per heavy atom. The highest BCUT2D eigenvalue weighted by Gasteiger charge is 2.28. The van der Waals surface area contributed by atoms with Crippen molar-refractivity contribution in [1.82, 2.24) is 9.97 Å². The summed E-state index contributed by atoms with van der Waals surface area (Å²) in [6, 6.07) is 0. The van der Waals surface area contributed by atoms with Gasteiger partial charge in [-0.15, -0.1) is 0 Å². The normalized spacial score (nSPS) is 15.5. The van der Waals surface area contributed by atoms with Crippen LogP contribution in [0.4, 0.5) is 5.82 Å². The fourth-order valence-corrected chi connectivity index (χ4v) is 1.41. The molecule has 1 aliphatic carbocycles. The zero-order valence-electron chi connectivity index (χ0n) is 7.82. The predicted octanol–water partition coefficient (Wildman–Crippen LogP) is 0.943. The van der Waals surface area contributed by atoms with Crippen LogP contribution in [-0.2, 0) is 0 Å². The number of rotatable bonds is 2. The van der Waals surface area contributed by atoms with E-state index in [1.807, 2.05) is 0 Å². The lowest BCUT2D eigenvalue weighted by molar-refractivity contribution is 0.0696. The molecule has 2 rings (SSSR count). The first-order valence-electron chi connectivity index (χ1n) is 4.47. The van der Waals surface area contributed by atoms with Crippen molar-refractivity contribution in [2.75, 3.05) is 5.73 Å². The predicted molar refractivity (Wildman–Crippen MR) is 50.1 cm³/mol. The maximum Gasteiger partial charge on any atom is 0.341 e. The number of carbonyl (C=O) groups is 1. The Morgan fingerprint density at radius 1 is 1.50 bits per heavy atom. The van der Waals surface area contributed by atoms with Gasteiger partial charge >= 0.3 is 5.97 Å². The van der Waals surface area contributed by atoms with Crippen molar-refractivity contribution in [3.05, 3.63) is 17.1 Å². The molecule has 1 aliphatic rings. The molecule has 1 heterocycles. The minimum absolute atomic E-state index is 0.0226. The summed E-state index contributed by atoms with van der Waals surface area (Å²) in [6.07, 6.45) is 2.15. The van der Waals surface area contributed by atoms with Crippen LogP contribution < -0.4 is 5.73 Å². The SMILES string of the molecule is Cc1nc(C2CC2)nc(N)c1C(=O)O. The summed E-state index contributed by atoms with van der Waals surface area (Å²) in [7, 11) is 0. The highest BCUT2D eigenvalue weighted by molar-refractivity contribution is 5.93. The topological polar surface area (TPSA) is 89.1 Å². The lowest BCUT2D eigenvalue weighted by Crippen LogP contribution is -2.11. The second-order valence-corrected chi connectivity index (χ2v) is 3.51. The van der Waals surface area contributed by atoms with Gasteiger partial charge in [0, 0.05) is 5.92 Å². The molecule has 0 amide bonds. The van der Waals surface area contributed by atoms with Crippen molar-refractivity contribution in [3.63, 3.8) is 0 Å². The Bertz CT molecular complexity index is 376. The highest BCUT2D eigenvalue weighted by Crippen LogP contribution is 2.38. The van der Waals surface area contributed by atoms with E-state index in [4.69, 9.17) is 10.8 Å². The molecule has 0 bridgehead atoms. The molecule has 3 N–H and O–H groups in total. The Hall–Kier alpha value is -1.65. The van der Waals surface area contributed by atoms with E-state index in [1.54, 1.807) is 6.92 Å². The monoisotopic (exact) mass is 193 g/mol. The van der Waals surface area contributed by atoms with E-state index >= 15 is 0 Å². The Balaban J connectivity index is 2.49. The van der Waals surface area contributed by atoms with E-state index < -0.39 is 5.97 Å². The summed E-state index contributed by atoms with van der Waals surface area (Å²) in [6.45, 7) is 1.65. The molecule has 0 saturated heterocycles. The molecule has 1 saturated carbocycles. The standard InChI is InChI=1S/C9H11N3O2/c1-4-6(9(13)14)7(10)12-8(11-4)5-2-3-5/h5H,2-3H2,1H3,(H,13,14)(H2,10,11,12). The highest BCUT2D eigenvalue weighted by atomic mass is 16.4. The number of nitrogens with two attached hydrogens (primary N) is 1. The number of nitrogens with zero attached hydrogens (tertiary/aromatic N) is 2. The van der Waals surface area contributed by atoms with Crippen LogP contribution in [0.25, 0.3) is 0 Å². The molecule has 1 fully saturated rings. The van der Waals surface area contributed by atoms with Gasteiger partial charge in [0.15, 0.2) is 0 Å². The average molecular weight is 193 g/mol. The maximum absolute atomic E-state index is 10.8. The number of carboxylic acids is 1. The van der Waals surface area contributed by atoms with Gasteiger partial charge in [0.25, 0.3) is 0 Å². The van der Waals surface area contributed by atoms with Crippen LogP contribution in [-0.4, -0.2) is 21.0 Å². The number of hydrogen-bond acceptors (Lipinski definition) is 4. The number of carboxylic acid groups (broad SMARTS) is 1. The summed E-state index contributed by atoms with van der Waals surface area (Å²) >= 11 is 0. The fourth-order valence-electron chi connectivity index (χ4n) is 1.41. The van der Waals surface area contributed by atoms with Gasteiger partial charge in [-0.3, -0.25) is 0 Å². The first-order valence-corrected chi connectivity index (χ1v) is 4.47. The molecule has 5 heteroatoms. The summed E-state index contributed by atoms with van der Waals surface area (Å²) in [5.74, 6) is 0.0816. The van der Waals surface area contributed by atoms with E-state index in [1.165, 1.54) is 0 Å². The van der Waals surface area contributed by atoms with Crippen molar-refractivity contribution in [3.8, 4) is 0 Å². The Morgan fingerprint density at radius 2 is 2.14 bits per heavy atom. The number of nitrogen functional groups attached to an aromatic ring is 1. The molecule has 0 unspecified atom stereocenters. The van der Waals surface area contributed by atoms with Gasteiger partial charge in [-0.1, -0.05) is 0 Å². The number of anilines is 1. The third-order valence-electron chi connectivity index (χ3n) is 2.29. The number of aromatic nitrogens is 2. The minimum atomic E-state index is -1.07.